The van der Waals surface area contributed by atoms with Gasteiger partial charge in [0.05, 0.1) is 25.7 Å². The third-order valence-electron chi connectivity index (χ3n) is 2.38. The van der Waals surface area contributed by atoms with Gasteiger partial charge in [-0.15, -0.1) is 0 Å². The molecule has 0 aromatic heterocycles. The molecule has 0 radical (unpaired) electrons. The zero-order valence-electron chi connectivity index (χ0n) is 11.2. The van der Waals surface area contributed by atoms with Crippen LogP contribution in [0, 0.1) is 0 Å². The number of aliphatic hydroxyl groups excluding tert-OH is 1. The average molecular weight is 260 g/mol. The van der Waals surface area contributed by atoms with Crippen LogP contribution in [0.2, 0.25) is 0 Å². The van der Waals surface area contributed by atoms with E-state index in [0.717, 1.165) is 12.8 Å². The third-order valence-corrected chi connectivity index (χ3v) is 2.38. The van der Waals surface area contributed by atoms with Gasteiger partial charge in [0.1, 0.15) is 0 Å². The van der Waals surface area contributed by atoms with E-state index < -0.39 is 18.0 Å². The van der Waals surface area contributed by atoms with E-state index >= 15 is 0 Å². The molecule has 0 aromatic rings. The highest BCUT2D eigenvalue weighted by Crippen LogP contribution is 2.01. The van der Waals surface area contributed by atoms with Crippen LogP contribution in [0.1, 0.15) is 33.1 Å². The summed E-state index contributed by atoms with van der Waals surface area (Å²) in [5.74, 6) is -0.867. The molecule has 6 heteroatoms. The number of primary amides is 1. The molecular weight excluding hydrogens is 236 g/mol. The van der Waals surface area contributed by atoms with E-state index in [9.17, 15) is 14.7 Å². The fourth-order valence-corrected chi connectivity index (χ4v) is 1.61. The van der Waals surface area contributed by atoms with Crippen LogP contribution >= 0.6 is 0 Å². The molecule has 0 aliphatic rings. The predicted molar refractivity (Wildman–Crippen MR) is 67.8 cm³/mol. The van der Waals surface area contributed by atoms with E-state index in [2.05, 4.69) is 0 Å². The molecule has 0 saturated heterocycles. The number of aliphatic hydroxyl groups is 1. The zero-order chi connectivity index (χ0) is 14.0. The Morgan fingerprint density at radius 2 is 2.06 bits per heavy atom. The van der Waals surface area contributed by atoms with Crippen LogP contribution in [0.4, 0.5) is 0 Å². The van der Waals surface area contributed by atoms with Crippen LogP contribution in [0.5, 0.6) is 0 Å². The number of carbonyl (C=O) groups is 2. The smallest absolute Gasteiger partial charge is 0.308 e. The van der Waals surface area contributed by atoms with Crippen molar-refractivity contribution in [1.82, 2.24) is 4.90 Å². The van der Waals surface area contributed by atoms with Crippen LogP contribution in [0.25, 0.3) is 0 Å². The lowest BCUT2D eigenvalue weighted by Gasteiger charge is -2.23. The second-order valence-electron chi connectivity index (χ2n) is 4.22. The van der Waals surface area contributed by atoms with Crippen LogP contribution in [0.3, 0.4) is 0 Å². The van der Waals surface area contributed by atoms with Crippen molar-refractivity contribution in [3.63, 3.8) is 0 Å². The molecule has 0 aliphatic carbocycles. The van der Waals surface area contributed by atoms with E-state index in [4.69, 9.17) is 10.5 Å². The molecule has 0 heterocycles. The van der Waals surface area contributed by atoms with Crippen molar-refractivity contribution in [2.45, 2.75) is 39.2 Å². The van der Waals surface area contributed by atoms with Gasteiger partial charge in [-0.05, 0) is 19.9 Å². The Morgan fingerprint density at radius 1 is 1.39 bits per heavy atom. The van der Waals surface area contributed by atoms with Crippen LogP contribution in [-0.4, -0.2) is 54.2 Å². The van der Waals surface area contributed by atoms with Crippen molar-refractivity contribution in [2.24, 2.45) is 5.73 Å². The Labute approximate surface area is 108 Å². The number of nitrogens with two attached hydrogens (primary N) is 1. The molecule has 0 fully saturated rings. The van der Waals surface area contributed by atoms with Crippen molar-refractivity contribution in [3.8, 4) is 0 Å². The molecule has 0 aliphatic heterocycles. The molecule has 1 unspecified atom stereocenters. The molecule has 18 heavy (non-hydrogen) atoms. The lowest BCUT2D eigenvalue weighted by atomic mass is 10.2. The SMILES string of the molecule is CCCCN(CC(N)=O)CC(O)CC(=O)OCC. The average Bonchev–Trinajstić information content (AvgIpc) is 2.25. The Bertz CT molecular complexity index is 258. The minimum Gasteiger partial charge on any atom is -0.466 e. The van der Waals surface area contributed by atoms with E-state index in [1.165, 1.54) is 0 Å². The summed E-state index contributed by atoms with van der Waals surface area (Å²) in [5.41, 5.74) is 5.14. The van der Waals surface area contributed by atoms with Crippen LogP contribution in [0.15, 0.2) is 0 Å². The lowest BCUT2D eigenvalue weighted by molar-refractivity contribution is -0.145. The van der Waals surface area contributed by atoms with Gasteiger partial charge in [-0.2, -0.15) is 0 Å². The minimum absolute atomic E-state index is 0.0603. The third kappa shape index (κ3) is 8.95. The van der Waals surface area contributed by atoms with E-state index in [-0.39, 0.29) is 19.5 Å². The first kappa shape index (κ1) is 16.9. The molecule has 3 N–H and O–H groups in total. The van der Waals surface area contributed by atoms with Gasteiger partial charge in [-0.25, -0.2) is 0 Å². The Kier molecular flexibility index (Phi) is 9.22. The summed E-state index contributed by atoms with van der Waals surface area (Å²) in [6.07, 6.45) is 1.01. The summed E-state index contributed by atoms with van der Waals surface area (Å²) >= 11 is 0. The topological polar surface area (TPSA) is 92.9 Å². The largest absolute Gasteiger partial charge is 0.466 e. The number of hydrogen-bond donors (Lipinski definition) is 2. The maximum atomic E-state index is 11.2. The van der Waals surface area contributed by atoms with E-state index in [0.29, 0.717) is 13.2 Å². The Hall–Kier alpha value is -1.14. The number of amides is 1. The monoisotopic (exact) mass is 260 g/mol. The first-order valence-electron chi connectivity index (χ1n) is 6.33. The van der Waals surface area contributed by atoms with Crippen molar-refractivity contribution in [3.05, 3.63) is 0 Å². The minimum atomic E-state index is -0.833. The number of unbranched alkanes of at least 4 members (excludes halogenated alkanes) is 1. The summed E-state index contributed by atoms with van der Waals surface area (Å²) in [5, 5.41) is 9.73. The van der Waals surface area contributed by atoms with Crippen molar-refractivity contribution in [2.75, 3.05) is 26.2 Å². The summed E-state index contributed by atoms with van der Waals surface area (Å²) in [4.78, 5) is 23.8. The summed E-state index contributed by atoms with van der Waals surface area (Å²) in [6.45, 7) is 5.08. The summed E-state index contributed by atoms with van der Waals surface area (Å²) < 4.78 is 4.75. The Balaban J connectivity index is 4.11. The highest BCUT2D eigenvalue weighted by atomic mass is 16.5. The first-order valence-corrected chi connectivity index (χ1v) is 6.33. The molecule has 0 spiro atoms. The fraction of sp³-hybridized carbons (Fsp3) is 0.833. The molecule has 0 saturated carbocycles. The van der Waals surface area contributed by atoms with Crippen molar-refractivity contribution < 1.29 is 19.4 Å². The normalized spacial score (nSPS) is 12.4. The summed E-state index contributed by atoms with van der Waals surface area (Å²) in [6, 6.07) is 0. The van der Waals surface area contributed by atoms with Gasteiger partial charge in [0, 0.05) is 6.54 Å². The van der Waals surface area contributed by atoms with Gasteiger partial charge in [0.15, 0.2) is 0 Å². The highest BCUT2D eigenvalue weighted by molar-refractivity contribution is 5.76. The van der Waals surface area contributed by atoms with Crippen LogP contribution in [-0.2, 0) is 14.3 Å². The molecule has 6 nitrogen and oxygen atoms in total. The molecular formula is C12H24N2O4. The zero-order valence-corrected chi connectivity index (χ0v) is 11.2. The maximum Gasteiger partial charge on any atom is 0.308 e. The lowest BCUT2D eigenvalue weighted by Crippen LogP contribution is -2.40. The number of rotatable bonds is 10. The second kappa shape index (κ2) is 9.85. The fourth-order valence-electron chi connectivity index (χ4n) is 1.61. The maximum absolute atomic E-state index is 11.2. The first-order chi connectivity index (χ1) is 8.49. The molecule has 0 rings (SSSR count). The van der Waals surface area contributed by atoms with Gasteiger partial charge in [0.2, 0.25) is 5.91 Å². The second-order valence-corrected chi connectivity index (χ2v) is 4.22. The van der Waals surface area contributed by atoms with Crippen LogP contribution < -0.4 is 5.73 Å². The van der Waals surface area contributed by atoms with Gasteiger partial charge in [-0.3, -0.25) is 14.5 Å². The molecule has 1 atom stereocenters. The Morgan fingerprint density at radius 3 is 2.56 bits per heavy atom. The quantitative estimate of drug-likeness (QED) is 0.535. The highest BCUT2D eigenvalue weighted by Gasteiger charge is 2.16. The molecule has 0 aromatic carbocycles. The number of esters is 1. The molecule has 0 bridgehead atoms. The van der Waals surface area contributed by atoms with Crippen molar-refractivity contribution in [1.29, 1.82) is 0 Å². The number of nitrogens with zero attached hydrogens (tertiary/aromatic N) is 1. The van der Waals surface area contributed by atoms with Gasteiger partial charge < -0.3 is 15.6 Å². The van der Waals surface area contributed by atoms with E-state index in [1.54, 1.807) is 11.8 Å². The molecule has 1 amide bonds. The van der Waals surface area contributed by atoms with Crippen molar-refractivity contribution >= 4 is 11.9 Å². The van der Waals surface area contributed by atoms with Gasteiger partial charge in [0.25, 0.3) is 0 Å². The molecule has 106 valence electrons. The number of hydrogen-bond acceptors (Lipinski definition) is 5. The number of carbonyl (C=O) groups excluding carboxylic acids is 2. The standard InChI is InChI=1S/C12H24N2O4/c1-3-5-6-14(9-11(13)16)8-10(15)7-12(17)18-4-2/h10,15H,3-9H2,1-2H3,(H2,13,16). The van der Waals surface area contributed by atoms with Gasteiger partial charge in [-0.1, -0.05) is 13.3 Å². The van der Waals surface area contributed by atoms with Gasteiger partial charge >= 0.3 is 5.97 Å². The summed E-state index contributed by atoms with van der Waals surface area (Å²) in [7, 11) is 0. The van der Waals surface area contributed by atoms with E-state index in [1.807, 2.05) is 6.92 Å². The number of ether oxygens (including phenoxy) is 1. The predicted octanol–water partition coefficient (Wildman–Crippen LogP) is -0.112.